The summed E-state index contributed by atoms with van der Waals surface area (Å²) >= 11 is 0. The molecule has 6 nitrogen and oxygen atoms in total. The second-order valence-corrected chi connectivity index (χ2v) is 18.1. The normalized spacial score (nSPS) is 13.9. The van der Waals surface area contributed by atoms with E-state index in [1.165, 1.54) is 141 Å². The van der Waals surface area contributed by atoms with Crippen LogP contribution in [0, 0.1) is 10.8 Å². The fraction of sp³-hybridized carbons (Fsp3) is 0.958. The van der Waals surface area contributed by atoms with Crippen LogP contribution in [0.3, 0.4) is 0 Å². The highest BCUT2D eigenvalue weighted by molar-refractivity contribution is 5.76. The Kier molecular flexibility index (Phi) is 32.0. The molecule has 0 atom stereocenters. The highest BCUT2D eigenvalue weighted by Gasteiger charge is 2.43. The number of ether oxygens (including phenoxy) is 2. The number of hydrogen-bond acceptors (Lipinski definition) is 6. The quantitative estimate of drug-likeness (QED) is 0.0494. The molecule has 0 unspecified atom stereocenters. The minimum Gasteiger partial charge on any atom is -0.465 e. The summed E-state index contributed by atoms with van der Waals surface area (Å²) in [5.74, 6) is 0.00742. The van der Waals surface area contributed by atoms with Gasteiger partial charge in [-0.2, -0.15) is 0 Å². The molecule has 1 fully saturated rings. The van der Waals surface area contributed by atoms with Gasteiger partial charge in [-0.3, -0.25) is 9.59 Å². The summed E-state index contributed by atoms with van der Waals surface area (Å²) in [7, 11) is 0. The summed E-state index contributed by atoms with van der Waals surface area (Å²) in [6.45, 7) is 14.6. The monoisotopic (exact) mass is 764 g/mol. The first-order chi connectivity index (χ1) is 26.2. The highest BCUT2D eigenvalue weighted by atomic mass is 16.5. The SMILES string of the molecule is CCCCCCCCCC(=O)OCC1(CCCCCN(CCO)CCCCCCC(C)(C)C(=O)OC(CCCCCCCC)CCCCCCCC)CC1. The minimum atomic E-state index is -0.433. The van der Waals surface area contributed by atoms with E-state index in [1.54, 1.807) is 0 Å². The maximum atomic E-state index is 13.4. The Bertz CT molecular complexity index is 855. The van der Waals surface area contributed by atoms with Crippen molar-refractivity contribution in [3.8, 4) is 0 Å². The lowest BCUT2D eigenvalue weighted by Crippen LogP contribution is -2.31. The van der Waals surface area contributed by atoms with Gasteiger partial charge in [-0.25, -0.2) is 0 Å². The van der Waals surface area contributed by atoms with E-state index in [1.807, 2.05) is 0 Å². The van der Waals surface area contributed by atoms with E-state index in [4.69, 9.17) is 9.47 Å². The van der Waals surface area contributed by atoms with Crippen molar-refractivity contribution in [2.75, 3.05) is 32.8 Å². The molecular formula is C48H93NO5. The van der Waals surface area contributed by atoms with E-state index in [9.17, 15) is 14.7 Å². The van der Waals surface area contributed by atoms with Crippen molar-refractivity contribution >= 4 is 11.9 Å². The molecule has 1 saturated carbocycles. The van der Waals surface area contributed by atoms with E-state index in [-0.39, 0.29) is 30.1 Å². The van der Waals surface area contributed by atoms with Gasteiger partial charge in [0.1, 0.15) is 6.10 Å². The number of carbonyl (C=O) groups is 2. The van der Waals surface area contributed by atoms with Crippen LogP contribution in [0.25, 0.3) is 0 Å². The Morgan fingerprint density at radius 3 is 1.59 bits per heavy atom. The van der Waals surface area contributed by atoms with Crippen LogP contribution in [0.2, 0.25) is 0 Å². The second-order valence-electron chi connectivity index (χ2n) is 18.1. The molecule has 0 aromatic heterocycles. The fourth-order valence-electron chi connectivity index (χ4n) is 7.90. The van der Waals surface area contributed by atoms with E-state index in [0.29, 0.717) is 13.0 Å². The number of unbranched alkanes of at least 4 members (excludes halogenated alkanes) is 21. The topological polar surface area (TPSA) is 76.1 Å². The number of aliphatic hydroxyl groups is 1. The molecule has 0 radical (unpaired) electrons. The zero-order valence-corrected chi connectivity index (χ0v) is 37.0. The van der Waals surface area contributed by atoms with Crippen LogP contribution in [0.5, 0.6) is 0 Å². The van der Waals surface area contributed by atoms with Gasteiger partial charge in [0.15, 0.2) is 0 Å². The van der Waals surface area contributed by atoms with Gasteiger partial charge in [0, 0.05) is 18.4 Å². The van der Waals surface area contributed by atoms with Crippen molar-refractivity contribution in [2.45, 2.75) is 253 Å². The van der Waals surface area contributed by atoms with Crippen molar-refractivity contribution in [1.29, 1.82) is 0 Å². The van der Waals surface area contributed by atoms with E-state index >= 15 is 0 Å². The molecule has 0 heterocycles. The number of nitrogens with zero attached hydrogens (tertiary/aromatic N) is 1. The minimum absolute atomic E-state index is 0.00186. The standard InChI is InChI=1S/C48H93NO5/c1-6-9-12-15-18-21-27-34-45(51)53-43-48(37-38-48)36-29-24-31-40-49(41-42-50)39-30-23-22-28-35-47(4,5)46(52)54-44(32-25-19-16-13-10-7-2)33-26-20-17-14-11-8-3/h44,50H,6-43H2,1-5H3. The first kappa shape index (κ1) is 50.9. The predicted octanol–water partition coefficient (Wildman–Crippen LogP) is 13.7. The first-order valence-corrected chi connectivity index (χ1v) is 23.9. The molecule has 1 N–H and O–H groups in total. The summed E-state index contributed by atoms with van der Waals surface area (Å²) in [6.07, 6.45) is 39.1. The van der Waals surface area contributed by atoms with Gasteiger partial charge in [-0.05, 0) is 97.6 Å². The molecule has 0 aromatic rings. The number of esters is 2. The molecule has 1 rings (SSSR count). The number of aliphatic hydroxyl groups excluding tert-OH is 1. The molecule has 0 spiro atoms. The second kappa shape index (κ2) is 33.9. The molecular weight excluding hydrogens is 671 g/mol. The van der Waals surface area contributed by atoms with Gasteiger partial charge in [0.25, 0.3) is 0 Å². The Morgan fingerprint density at radius 2 is 1.07 bits per heavy atom. The van der Waals surface area contributed by atoms with E-state index in [0.717, 1.165) is 83.8 Å². The maximum Gasteiger partial charge on any atom is 0.311 e. The van der Waals surface area contributed by atoms with Crippen LogP contribution < -0.4 is 0 Å². The lowest BCUT2D eigenvalue weighted by molar-refractivity contribution is -0.161. The van der Waals surface area contributed by atoms with Crippen molar-refractivity contribution in [2.24, 2.45) is 10.8 Å². The summed E-state index contributed by atoms with van der Waals surface area (Å²) in [5, 5.41) is 9.67. The van der Waals surface area contributed by atoms with E-state index < -0.39 is 5.41 Å². The highest BCUT2D eigenvalue weighted by Crippen LogP contribution is 2.50. The summed E-state index contributed by atoms with van der Waals surface area (Å²) in [6, 6.07) is 0. The van der Waals surface area contributed by atoms with Gasteiger partial charge in [0.05, 0.1) is 18.6 Å². The Morgan fingerprint density at radius 1 is 0.611 bits per heavy atom. The van der Waals surface area contributed by atoms with Crippen LogP contribution in [-0.4, -0.2) is 60.9 Å². The zero-order valence-electron chi connectivity index (χ0n) is 37.0. The average molecular weight is 764 g/mol. The third-order valence-electron chi connectivity index (χ3n) is 12.2. The Hall–Kier alpha value is -1.14. The smallest absolute Gasteiger partial charge is 0.311 e. The number of rotatable bonds is 41. The van der Waals surface area contributed by atoms with Crippen LogP contribution in [0.4, 0.5) is 0 Å². The van der Waals surface area contributed by atoms with Gasteiger partial charge in [0.2, 0.25) is 0 Å². The number of carbonyl (C=O) groups excluding carboxylic acids is 2. The summed E-state index contributed by atoms with van der Waals surface area (Å²) in [4.78, 5) is 28.1. The maximum absolute atomic E-state index is 13.4. The Labute approximate surface area is 336 Å². The number of hydrogen-bond donors (Lipinski definition) is 1. The molecule has 0 aromatic carbocycles. The molecule has 0 aliphatic heterocycles. The lowest BCUT2D eigenvalue weighted by atomic mass is 9.86. The van der Waals surface area contributed by atoms with Crippen LogP contribution in [-0.2, 0) is 19.1 Å². The average Bonchev–Trinajstić information content (AvgIpc) is 3.93. The Balaban J connectivity index is 2.25. The van der Waals surface area contributed by atoms with Crippen LogP contribution in [0.15, 0.2) is 0 Å². The predicted molar refractivity (Wildman–Crippen MR) is 230 cm³/mol. The van der Waals surface area contributed by atoms with Crippen molar-refractivity contribution in [3.63, 3.8) is 0 Å². The van der Waals surface area contributed by atoms with Gasteiger partial charge in [-0.1, -0.05) is 156 Å². The van der Waals surface area contributed by atoms with Crippen LogP contribution in [0.1, 0.15) is 247 Å². The molecule has 1 aliphatic rings. The van der Waals surface area contributed by atoms with Crippen LogP contribution >= 0.6 is 0 Å². The fourth-order valence-corrected chi connectivity index (χ4v) is 7.90. The molecule has 320 valence electrons. The van der Waals surface area contributed by atoms with Gasteiger partial charge >= 0.3 is 11.9 Å². The molecule has 0 bridgehead atoms. The van der Waals surface area contributed by atoms with Gasteiger partial charge in [-0.15, -0.1) is 0 Å². The largest absolute Gasteiger partial charge is 0.465 e. The molecule has 0 saturated heterocycles. The first-order valence-electron chi connectivity index (χ1n) is 23.9. The summed E-state index contributed by atoms with van der Waals surface area (Å²) < 4.78 is 12.0. The molecule has 6 heteroatoms. The third kappa shape index (κ3) is 28.3. The lowest BCUT2D eigenvalue weighted by Gasteiger charge is -2.27. The zero-order chi connectivity index (χ0) is 39.6. The van der Waals surface area contributed by atoms with Crippen molar-refractivity contribution in [3.05, 3.63) is 0 Å². The molecule has 0 amide bonds. The van der Waals surface area contributed by atoms with Gasteiger partial charge < -0.3 is 19.5 Å². The van der Waals surface area contributed by atoms with Crippen molar-refractivity contribution in [1.82, 2.24) is 4.90 Å². The van der Waals surface area contributed by atoms with E-state index in [2.05, 4.69) is 39.5 Å². The molecule has 1 aliphatic carbocycles. The third-order valence-corrected chi connectivity index (χ3v) is 12.2. The summed E-state index contributed by atoms with van der Waals surface area (Å²) in [5.41, 5.74) is -0.175. The van der Waals surface area contributed by atoms with Crippen molar-refractivity contribution < 1.29 is 24.2 Å². The molecule has 54 heavy (non-hydrogen) atoms.